The van der Waals surface area contributed by atoms with E-state index in [4.69, 9.17) is 4.43 Å². The first-order valence-electron chi connectivity index (χ1n) is 11.5. The minimum Gasteiger partial charge on any atom is -0.501 e. The van der Waals surface area contributed by atoms with Gasteiger partial charge in [-0.15, -0.1) is 0 Å². The van der Waals surface area contributed by atoms with Gasteiger partial charge in [-0.25, -0.2) is 0 Å². The first kappa shape index (κ1) is 20.9. The van der Waals surface area contributed by atoms with Gasteiger partial charge in [0.1, 0.15) is 6.29 Å². The number of fused-ring (bicyclic) bond motifs is 5. The van der Waals surface area contributed by atoms with Crippen LogP contribution in [-0.2, 0) is 14.0 Å². The maximum Gasteiger partial charge on any atom is 0.255 e. The van der Waals surface area contributed by atoms with Crippen LogP contribution in [0.25, 0.3) is 0 Å². The van der Waals surface area contributed by atoms with Crippen LogP contribution in [0.3, 0.4) is 0 Å². The van der Waals surface area contributed by atoms with Crippen molar-refractivity contribution in [3.05, 3.63) is 11.6 Å². The monoisotopic (exact) mass is 412 g/mol. The molecule has 0 bridgehead atoms. The molecule has 7 atom stereocenters. The summed E-state index contributed by atoms with van der Waals surface area (Å²) in [6, 6.07) is 0. The van der Waals surface area contributed by atoms with Crippen LogP contribution in [0.2, 0.25) is 19.6 Å². The molecule has 0 aliphatic heterocycles. The van der Waals surface area contributed by atoms with Gasteiger partial charge in [-0.1, -0.05) is 25.3 Å². The normalized spacial score (nSPS) is 43.8. The third kappa shape index (κ3) is 3.25. The summed E-state index contributed by atoms with van der Waals surface area (Å²) >= 11 is 0. The third-order valence-electron chi connectivity index (χ3n) is 8.80. The topological polar surface area (TPSA) is 43.4 Å². The average molecular weight is 413 g/mol. The summed E-state index contributed by atoms with van der Waals surface area (Å²) in [5.74, 6) is 5.86. The van der Waals surface area contributed by atoms with E-state index in [2.05, 4.69) is 45.5 Å². The van der Waals surface area contributed by atoms with Crippen LogP contribution in [0, 0.1) is 52.4 Å². The zero-order valence-electron chi connectivity index (χ0n) is 18.7. The highest BCUT2D eigenvalue weighted by molar-refractivity contribution is 6.70. The molecule has 29 heavy (non-hydrogen) atoms. The highest BCUT2D eigenvalue weighted by Crippen LogP contribution is 2.66. The molecule has 0 amide bonds. The molecular formula is C25H36O3Si. The average Bonchev–Trinajstić information content (AvgIpc) is 2.97. The van der Waals surface area contributed by atoms with Crippen molar-refractivity contribution in [2.75, 3.05) is 0 Å². The molecule has 4 rings (SSSR count). The number of ketones is 1. The van der Waals surface area contributed by atoms with Crippen molar-refractivity contribution in [3.63, 3.8) is 0 Å². The fraction of sp³-hybridized carbons (Fsp3) is 0.760. The van der Waals surface area contributed by atoms with Crippen LogP contribution in [0.1, 0.15) is 58.8 Å². The van der Waals surface area contributed by atoms with Gasteiger partial charge in [0.25, 0.3) is 8.32 Å². The fourth-order valence-electron chi connectivity index (χ4n) is 7.43. The first-order chi connectivity index (χ1) is 13.6. The molecule has 3 fully saturated rings. The first-order valence-corrected chi connectivity index (χ1v) is 14.9. The molecule has 4 aliphatic rings. The Labute approximate surface area is 177 Å². The van der Waals surface area contributed by atoms with Gasteiger partial charge in [-0.3, -0.25) is 4.79 Å². The number of rotatable bonds is 2. The third-order valence-corrected chi connectivity index (χ3v) is 9.51. The minimum absolute atomic E-state index is 0.131. The maximum atomic E-state index is 12.6. The van der Waals surface area contributed by atoms with Crippen LogP contribution in [-0.4, -0.2) is 20.4 Å². The molecule has 4 heteroatoms. The summed E-state index contributed by atoms with van der Waals surface area (Å²) in [7, 11) is -1.62. The van der Waals surface area contributed by atoms with Crippen molar-refractivity contribution >= 4 is 20.4 Å². The lowest BCUT2D eigenvalue weighted by atomic mass is 9.45. The summed E-state index contributed by atoms with van der Waals surface area (Å²) in [6.45, 7) is 11.1. The summed E-state index contributed by atoms with van der Waals surface area (Å²) in [5, 5.41) is 0. The lowest BCUT2D eigenvalue weighted by molar-refractivity contribution is -0.133. The Balaban J connectivity index is 1.62. The van der Waals surface area contributed by atoms with Gasteiger partial charge in [0.05, 0.1) is 11.5 Å². The van der Waals surface area contributed by atoms with Gasteiger partial charge in [0.15, 0.2) is 5.78 Å². The van der Waals surface area contributed by atoms with Crippen LogP contribution >= 0.6 is 0 Å². The fourth-order valence-corrected chi connectivity index (χ4v) is 7.80. The Kier molecular flexibility index (Phi) is 5.13. The molecule has 0 spiro atoms. The highest BCUT2D eigenvalue weighted by atomic mass is 28.4. The number of carbonyl (C=O) groups excluding carboxylic acids is 2. The van der Waals surface area contributed by atoms with Crippen molar-refractivity contribution in [2.45, 2.75) is 78.4 Å². The smallest absolute Gasteiger partial charge is 0.255 e. The van der Waals surface area contributed by atoms with Crippen LogP contribution in [0.4, 0.5) is 0 Å². The SMILES string of the molecule is CC1CC(=O)C=C2CC[C@H]3[C@@H]4CC[C@@H](C#CO[Si](C)(C)C)[C@@]4(C)CC[C@@H]3[C@]21C=O. The molecule has 0 aromatic carbocycles. The molecule has 1 unspecified atom stereocenters. The quantitative estimate of drug-likeness (QED) is 0.348. The van der Waals surface area contributed by atoms with Crippen LogP contribution < -0.4 is 0 Å². The van der Waals surface area contributed by atoms with Gasteiger partial charge in [0.2, 0.25) is 0 Å². The molecule has 0 heterocycles. The molecule has 4 aliphatic carbocycles. The second-order valence-corrected chi connectivity index (χ2v) is 15.8. The Morgan fingerprint density at radius 1 is 1.17 bits per heavy atom. The zero-order chi connectivity index (χ0) is 21.0. The summed E-state index contributed by atoms with van der Waals surface area (Å²) < 4.78 is 5.84. The van der Waals surface area contributed by atoms with E-state index < -0.39 is 13.7 Å². The van der Waals surface area contributed by atoms with Gasteiger partial charge in [0, 0.05) is 12.3 Å². The summed E-state index contributed by atoms with van der Waals surface area (Å²) in [6.07, 6.45) is 13.3. The number of hydrogen-bond acceptors (Lipinski definition) is 3. The van der Waals surface area contributed by atoms with E-state index in [9.17, 15) is 9.59 Å². The predicted molar refractivity (Wildman–Crippen MR) is 117 cm³/mol. The van der Waals surface area contributed by atoms with E-state index in [1.165, 1.54) is 12.7 Å². The van der Waals surface area contributed by atoms with Crippen molar-refractivity contribution in [1.29, 1.82) is 0 Å². The molecule has 0 radical (unpaired) electrons. The number of aldehydes is 1. The van der Waals surface area contributed by atoms with Crippen molar-refractivity contribution < 1.29 is 14.0 Å². The molecule has 3 saturated carbocycles. The highest BCUT2D eigenvalue weighted by Gasteiger charge is 2.61. The van der Waals surface area contributed by atoms with Crippen molar-refractivity contribution in [2.24, 2.45) is 40.4 Å². The summed E-state index contributed by atoms with van der Waals surface area (Å²) in [5.41, 5.74) is 0.970. The van der Waals surface area contributed by atoms with E-state index in [0.717, 1.165) is 37.7 Å². The molecule has 0 N–H and O–H groups in total. The Bertz CT molecular complexity index is 797. The predicted octanol–water partition coefficient (Wildman–Crippen LogP) is 5.37. The van der Waals surface area contributed by atoms with Gasteiger partial charge in [-0.2, -0.15) is 0 Å². The van der Waals surface area contributed by atoms with Crippen LogP contribution in [0.15, 0.2) is 11.6 Å². The lowest BCUT2D eigenvalue weighted by Gasteiger charge is -2.58. The van der Waals surface area contributed by atoms with Gasteiger partial charge < -0.3 is 9.22 Å². The van der Waals surface area contributed by atoms with Crippen molar-refractivity contribution in [3.8, 4) is 12.0 Å². The molecule has 158 valence electrons. The molecular weight excluding hydrogens is 376 g/mol. The largest absolute Gasteiger partial charge is 0.501 e. The molecule has 0 aromatic rings. The standard InChI is InChI=1S/C25H36O3Si/c1-17-14-20(27)15-19-6-8-21-22-9-7-18(11-13-28-29(3,4)5)24(22,2)12-10-23(21)25(17,19)16-26/h15-18,21-23H,6-10,12,14H2,1-5H3/t17?,18-,21-,22-,23-,24+,25-/m0/s1. The Morgan fingerprint density at radius 3 is 2.62 bits per heavy atom. The van der Waals surface area contributed by atoms with Crippen LogP contribution in [0.5, 0.6) is 0 Å². The minimum atomic E-state index is -1.62. The van der Waals surface area contributed by atoms with E-state index in [1.807, 2.05) is 6.08 Å². The molecule has 3 nitrogen and oxygen atoms in total. The van der Waals surface area contributed by atoms with E-state index in [-0.39, 0.29) is 17.1 Å². The number of carbonyl (C=O) groups is 2. The van der Waals surface area contributed by atoms with E-state index in [1.54, 1.807) is 0 Å². The second-order valence-electron chi connectivity index (χ2n) is 11.3. The number of hydrogen-bond donors (Lipinski definition) is 0. The molecule has 0 saturated heterocycles. The summed E-state index contributed by atoms with van der Waals surface area (Å²) in [4.78, 5) is 24.8. The van der Waals surface area contributed by atoms with E-state index in [0.29, 0.717) is 30.1 Å². The lowest BCUT2D eigenvalue weighted by Crippen LogP contribution is -2.54. The van der Waals surface area contributed by atoms with Gasteiger partial charge >= 0.3 is 0 Å². The molecule has 0 aromatic heterocycles. The van der Waals surface area contributed by atoms with Crippen molar-refractivity contribution in [1.82, 2.24) is 0 Å². The van der Waals surface area contributed by atoms with E-state index >= 15 is 0 Å². The zero-order valence-corrected chi connectivity index (χ0v) is 19.7. The van der Waals surface area contributed by atoms with Gasteiger partial charge in [-0.05, 0) is 93.3 Å². The second kappa shape index (κ2) is 7.12. The Morgan fingerprint density at radius 2 is 1.93 bits per heavy atom. The Hall–Kier alpha value is -1.34. The number of allylic oxidation sites excluding steroid dienone is 1. The maximum absolute atomic E-state index is 12.6.